The predicted octanol–water partition coefficient (Wildman–Crippen LogP) is 4.42. The number of alkyl halides is 3. The van der Waals surface area contributed by atoms with E-state index in [1.165, 1.54) is 12.1 Å². The molecule has 1 heterocycles. The monoisotopic (exact) mass is 293 g/mol. The highest BCUT2D eigenvalue weighted by atomic mass is 19.4. The summed E-state index contributed by atoms with van der Waals surface area (Å²) in [4.78, 5) is 0. The van der Waals surface area contributed by atoms with Gasteiger partial charge in [-0.15, -0.1) is 0 Å². The van der Waals surface area contributed by atoms with Gasteiger partial charge in [0, 0.05) is 11.8 Å². The Morgan fingerprint density at radius 1 is 1.10 bits per heavy atom. The van der Waals surface area contributed by atoms with Crippen LogP contribution in [0, 0.1) is 0 Å². The van der Waals surface area contributed by atoms with E-state index in [9.17, 15) is 13.2 Å². The number of ether oxygens (including phenoxy) is 1. The Balaban J connectivity index is 1.81. The molecule has 1 atom stereocenters. The number of methoxy groups -OCH3 is 1. The lowest BCUT2D eigenvalue weighted by Gasteiger charge is -2.13. The summed E-state index contributed by atoms with van der Waals surface area (Å²) in [5, 5.41) is 3.32. The van der Waals surface area contributed by atoms with Gasteiger partial charge in [-0.1, -0.05) is 18.2 Å². The number of benzene rings is 2. The zero-order valence-electron chi connectivity index (χ0n) is 11.4. The van der Waals surface area contributed by atoms with Gasteiger partial charge >= 0.3 is 6.18 Å². The highest BCUT2D eigenvalue weighted by Gasteiger charge is 2.30. The molecule has 2 aromatic carbocycles. The Kier molecular flexibility index (Phi) is 3.27. The maximum absolute atomic E-state index is 12.6. The molecule has 0 fully saturated rings. The van der Waals surface area contributed by atoms with Crippen molar-refractivity contribution in [3.05, 3.63) is 59.2 Å². The third kappa shape index (κ3) is 2.68. The van der Waals surface area contributed by atoms with Crippen molar-refractivity contribution in [1.82, 2.24) is 0 Å². The van der Waals surface area contributed by atoms with Crippen LogP contribution in [0.1, 0.15) is 22.7 Å². The van der Waals surface area contributed by atoms with Gasteiger partial charge in [0.05, 0.1) is 18.7 Å². The van der Waals surface area contributed by atoms with Crippen LogP contribution in [-0.2, 0) is 12.6 Å². The van der Waals surface area contributed by atoms with Crippen molar-refractivity contribution in [3.8, 4) is 5.75 Å². The summed E-state index contributed by atoms with van der Waals surface area (Å²) in [6, 6.07) is 11.1. The number of hydrogen-bond donors (Lipinski definition) is 1. The van der Waals surface area contributed by atoms with Crippen LogP contribution in [0.3, 0.4) is 0 Å². The van der Waals surface area contributed by atoms with E-state index in [4.69, 9.17) is 4.74 Å². The molecular weight excluding hydrogens is 279 g/mol. The van der Waals surface area contributed by atoms with Gasteiger partial charge in [-0.2, -0.15) is 13.2 Å². The summed E-state index contributed by atoms with van der Waals surface area (Å²) < 4.78 is 42.9. The molecule has 110 valence electrons. The molecule has 0 amide bonds. The molecule has 0 spiro atoms. The van der Waals surface area contributed by atoms with Crippen LogP contribution in [0.4, 0.5) is 18.9 Å². The van der Waals surface area contributed by atoms with Crippen molar-refractivity contribution in [2.24, 2.45) is 0 Å². The lowest BCUT2D eigenvalue weighted by molar-refractivity contribution is -0.137. The predicted molar refractivity (Wildman–Crippen MR) is 74.5 cm³/mol. The average Bonchev–Trinajstić information content (AvgIpc) is 2.89. The number of hydrogen-bond acceptors (Lipinski definition) is 2. The van der Waals surface area contributed by atoms with Crippen LogP contribution in [0.2, 0.25) is 0 Å². The summed E-state index contributed by atoms with van der Waals surface area (Å²) in [5.74, 6) is 0.759. The Hall–Kier alpha value is -2.17. The Morgan fingerprint density at radius 2 is 1.81 bits per heavy atom. The van der Waals surface area contributed by atoms with Crippen LogP contribution in [0.25, 0.3) is 0 Å². The second kappa shape index (κ2) is 4.98. The lowest BCUT2D eigenvalue weighted by Crippen LogP contribution is -2.08. The van der Waals surface area contributed by atoms with Crippen LogP contribution in [-0.4, -0.2) is 7.11 Å². The number of halogens is 3. The number of nitrogens with one attached hydrogen (secondary N) is 1. The molecule has 5 heteroatoms. The Morgan fingerprint density at radius 3 is 2.43 bits per heavy atom. The summed E-state index contributed by atoms with van der Waals surface area (Å²) in [7, 11) is 1.60. The fourth-order valence-electron chi connectivity index (χ4n) is 2.56. The third-order valence-electron chi connectivity index (χ3n) is 3.71. The second-order valence-corrected chi connectivity index (χ2v) is 5.04. The molecule has 21 heavy (non-hydrogen) atoms. The fourth-order valence-corrected chi connectivity index (χ4v) is 2.56. The van der Waals surface area contributed by atoms with Gasteiger partial charge in [0.15, 0.2) is 0 Å². The quantitative estimate of drug-likeness (QED) is 0.884. The highest BCUT2D eigenvalue weighted by Crippen LogP contribution is 2.37. The van der Waals surface area contributed by atoms with Crippen LogP contribution < -0.4 is 10.1 Å². The first kappa shape index (κ1) is 13.8. The minimum atomic E-state index is -4.29. The molecule has 3 rings (SSSR count). The van der Waals surface area contributed by atoms with Gasteiger partial charge in [-0.25, -0.2) is 0 Å². The zero-order chi connectivity index (χ0) is 15.0. The normalized spacial score (nSPS) is 17.2. The van der Waals surface area contributed by atoms with Crippen molar-refractivity contribution < 1.29 is 17.9 Å². The molecule has 0 bridgehead atoms. The van der Waals surface area contributed by atoms with E-state index in [-0.39, 0.29) is 6.04 Å². The Labute approximate surface area is 120 Å². The minimum absolute atomic E-state index is 0.00519. The fraction of sp³-hybridized carbons (Fsp3) is 0.250. The molecule has 0 radical (unpaired) electrons. The molecule has 1 unspecified atom stereocenters. The SMILES string of the molecule is COc1ccc2c(c1)NC(c1ccc(C(F)(F)F)cc1)C2. The van der Waals surface area contributed by atoms with Crippen molar-refractivity contribution in [1.29, 1.82) is 0 Å². The molecule has 0 aromatic heterocycles. The van der Waals surface area contributed by atoms with Crippen molar-refractivity contribution in [2.45, 2.75) is 18.6 Å². The molecular formula is C16H14F3NO. The van der Waals surface area contributed by atoms with Crippen molar-refractivity contribution in [2.75, 3.05) is 12.4 Å². The first-order valence-electron chi connectivity index (χ1n) is 6.58. The van der Waals surface area contributed by atoms with Crippen LogP contribution >= 0.6 is 0 Å². The smallest absolute Gasteiger partial charge is 0.416 e. The molecule has 0 saturated carbocycles. The van der Waals surface area contributed by atoms with E-state index >= 15 is 0 Å². The van der Waals surface area contributed by atoms with E-state index < -0.39 is 11.7 Å². The number of anilines is 1. The van der Waals surface area contributed by atoms with E-state index in [1.807, 2.05) is 18.2 Å². The van der Waals surface area contributed by atoms with E-state index in [1.54, 1.807) is 7.11 Å². The Bertz CT molecular complexity index is 650. The average molecular weight is 293 g/mol. The van der Waals surface area contributed by atoms with Gasteiger partial charge in [-0.05, 0) is 35.7 Å². The molecule has 1 N–H and O–H groups in total. The largest absolute Gasteiger partial charge is 0.497 e. The summed E-state index contributed by atoms with van der Waals surface area (Å²) in [6.07, 6.45) is -3.54. The van der Waals surface area contributed by atoms with Gasteiger partial charge in [0.25, 0.3) is 0 Å². The molecule has 1 aliphatic heterocycles. The lowest BCUT2D eigenvalue weighted by atomic mass is 10.0. The van der Waals surface area contributed by atoms with Crippen molar-refractivity contribution >= 4 is 5.69 Å². The second-order valence-electron chi connectivity index (χ2n) is 5.04. The molecule has 2 aromatic rings. The molecule has 0 aliphatic carbocycles. The maximum atomic E-state index is 12.6. The van der Waals surface area contributed by atoms with Crippen molar-refractivity contribution in [3.63, 3.8) is 0 Å². The van der Waals surface area contributed by atoms with E-state index in [0.29, 0.717) is 0 Å². The first-order valence-corrected chi connectivity index (χ1v) is 6.58. The summed E-state index contributed by atoms with van der Waals surface area (Å²) in [5.41, 5.74) is 2.33. The molecule has 1 aliphatic rings. The molecule has 2 nitrogen and oxygen atoms in total. The summed E-state index contributed by atoms with van der Waals surface area (Å²) >= 11 is 0. The number of fused-ring (bicyclic) bond motifs is 1. The number of rotatable bonds is 2. The van der Waals surface area contributed by atoms with Crippen LogP contribution in [0.5, 0.6) is 5.75 Å². The third-order valence-corrected chi connectivity index (χ3v) is 3.71. The topological polar surface area (TPSA) is 21.3 Å². The minimum Gasteiger partial charge on any atom is -0.497 e. The van der Waals surface area contributed by atoms with Gasteiger partial charge in [0.1, 0.15) is 5.75 Å². The van der Waals surface area contributed by atoms with Gasteiger partial charge < -0.3 is 10.1 Å². The van der Waals surface area contributed by atoms with E-state index in [2.05, 4.69) is 5.32 Å². The summed E-state index contributed by atoms with van der Waals surface area (Å²) in [6.45, 7) is 0. The first-order chi connectivity index (χ1) is 9.97. The highest BCUT2D eigenvalue weighted by molar-refractivity contribution is 5.61. The zero-order valence-corrected chi connectivity index (χ0v) is 11.4. The van der Waals surface area contributed by atoms with Crippen LogP contribution in [0.15, 0.2) is 42.5 Å². The van der Waals surface area contributed by atoms with Gasteiger partial charge in [-0.3, -0.25) is 0 Å². The standard InChI is InChI=1S/C16H14F3NO/c1-21-13-7-4-11-8-14(20-15(11)9-13)10-2-5-12(6-3-10)16(17,18)19/h2-7,9,14,20H,8H2,1H3. The van der Waals surface area contributed by atoms with E-state index in [0.717, 1.165) is 41.1 Å². The van der Waals surface area contributed by atoms with Gasteiger partial charge in [0.2, 0.25) is 0 Å². The maximum Gasteiger partial charge on any atom is 0.416 e. The molecule has 0 saturated heterocycles.